The van der Waals surface area contributed by atoms with E-state index in [2.05, 4.69) is 76.2 Å². The molecule has 0 saturated carbocycles. The molecule has 0 N–H and O–H groups in total. The van der Waals surface area contributed by atoms with E-state index in [-0.39, 0.29) is 0 Å². The maximum atomic E-state index is 2.26. The number of aryl methyl sites for hydroxylation is 2. The van der Waals surface area contributed by atoms with Crippen LogP contribution in [-0.4, -0.2) is 0 Å². The summed E-state index contributed by atoms with van der Waals surface area (Å²) >= 11 is 0. The van der Waals surface area contributed by atoms with E-state index in [1.807, 2.05) is 0 Å². The molecule has 0 fully saturated rings. The molecule has 0 saturated heterocycles. The van der Waals surface area contributed by atoms with Crippen LogP contribution in [0.2, 0.25) is 0 Å². The second-order valence-corrected chi connectivity index (χ2v) is 4.99. The van der Waals surface area contributed by atoms with E-state index in [1.165, 1.54) is 33.4 Å². The molecule has 92 valence electrons. The van der Waals surface area contributed by atoms with Gasteiger partial charge in [0.05, 0.1) is 0 Å². The predicted octanol–water partition coefficient (Wildman–Crippen LogP) is 5.17. The summed E-state index contributed by atoms with van der Waals surface area (Å²) in [5.41, 5.74) is 7.97. The molecule has 18 heavy (non-hydrogen) atoms. The van der Waals surface area contributed by atoms with Crippen molar-refractivity contribution in [2.45, 2.75) is 27.7 Å². The van der Waals surface area contributed by atoms with Crippen LogP contribution >= 0.6 is 0 Å². The van der Waals surface area contributed by atoms with Gasteiger partial charge in [0.15, 0.2) is 0 Å². The smallest absolute Gasteiger partial charge is 0.0195 e. The highest BCUT2D eigenvalue weighted by atomic mass is 14.1. The van der Waals surface area contributed by atoms with Crippen molar-refractivity contribution in [3.8, 4) is 0 Å². The van der Waals surface area contributed by atoms with Crippen molar-refractivity contribution in [2.75, 3.05) is 0 Å². The van der Waals surface area contributed by atoms with Gasteiger partial charge in [-0.2, -0.15) is 0 Å². The molecule has 0 heterocycles. The molecule has 0 atom stereocenters. The van der Waals surface area contributed by atoms with Crippen LogP contribution in [0, 0.1) is 20.8 Å². The van der Waals surface area contributed by atoms with Crippen molar-refractivity contribution in [3.05, 3.63) is 70.3 Å². The molecule has 2 aromatic rings. The average Bonchev–Trinajstić information content (AvgIpc) is 2.32. The molecular formula is C18H20. The van der Waals surface area contributed by atoms with Gasteiger partial charge in [0, 0.05) is 0 Å². The van der Waals surface area contributed by atoms with Crippen molar-refractivity contribution in [3.63, 3.8) is 0 Å². The van der Waals surface area contributed by atoms with E-state index in [9.17, 15) is 0 Å². The first-order valence-electron chi connectivity index (χ1n) is 6.39. The van der Waals surface area contributed by atoms with Crippen LogP contribution in [0.4, 0.5) is 0 Å². The van der Waals surface area contributed by atoms with Gasteiger partial charge in [0.2, 0.25) is 0 Å². The van der Waals surface area contributed by atoms with Gasteiger partial charge in [0.25, 0.3) is 0 Å². The predicted molar refractivity (Wildman–Crippen MR) is 80.6 cm³/mol. The molecule has 0 aromatic heterocycles. The number of hydrogen-bond acceptors (Lipinski definition) is 0. The zero-order valence-corrected chi connectivity index (χ0v) is 11.6. The Labute approximate surface area is 110 Å². The molecule has 0 amide bonds. The first-order chi connectivity index (χ1) is 8.58. The summed E-state index contributed by atoms with van der Waals surface area (Å²) in [6.07, 6.45) is 2.26. The third-order valence-corrected chi connectivity index (χ3v) is 3.45. The summed E-state index contributed by atoms with van der Waals surface area (Å²) in [4.78, 5) is 0. The molecule has 0 radical (unpaired) electrons. The molecule has 0 heteroatoms. The van der Waals surface area contributed by atoms with Crippen molar-refractivity contribution >= 4 is 11.6 Å². The molecule has 2 aromatic carbocycles. The lowest BCUT2D eigenvalue weighted by molar-refractivity contribution is 1.31. The Morgan fingerprint density at radius 2 is 1.67 bits per heavy atom. The van der Waals surface area contributed by atoms with Gasteiger partial charge in [-0.15, -0.1) is 0 Å². The summed E-state index contributed by atoms with van der Waals surface area (Å²) in [5, 5.41) is 0. The van der Waals surface area contributed by atoms with Crippen LogP contribution in [0.5, 0.6) is 0 Å². The zero-order valence-electron chi connectivity index (χ0n) is 11.6. The standard InChI is InChI=1S/C18H20/c1-13-7-5-9-17(11-13)12-15(3)18-10-6-8-14(2)16(18)4/h5-12H,1-4H3/b15-12+. The molecule has 0 aliphatic carbocycles. The third-order valence-electron chi connectivity index (χ3n) is 3.45. The third kappa shape index (κ3) is 2.70. The lowest BCUT2D eigenvalue weighted by atomic mass is 9.96. The summed E-state index contributed by atoms with van der Waals surface area (Å²) in [7, 11) is 0. The van der Waals surface area contributed by atoms with Crippen LogP contribution in [0.1, 0.15) is 34.7 Å². The topological polar surface area (TPSA) is 0 Å². The minimum atomic E-state index is 1.27. The Kier molecular flexibility index (Phi) is 3.66. The van der Waals surface area contributed by atoms with Crippen molar-refractivity contribution < 1.29 is 0 Å². The molecule has 0 unspecified atom stereocenters. The summed E-state index contributed by atoms with van der Waals surface area (Å²) in [6, 6.07) is 15.1. The lowest BCUT2D eigenvalue weighted by Crippen LogP contribution is -1.89. The Morgan fingerprint density at radius 3 is 2.39 bits per heavy atom. The quantitative estimate of drug-likeness (QED) is 0.631. The average molecular weight is 236 g/mol. The molecule has 0 aliphatic heterocycles. The minimum Gasteiger partial charge on any atom is -0.0614 e. The van der Waals surface area contributed by atoms with Gasteiger partial charge in [-0.3, -0.25) is 0 Å². The van der Waals surface area contributed by atoms with E-state index in [0.717, 1.165) is 0 Å². The maximum Gasteiger partial charge on any atom is -0.0195 e. The van der Waals surface area contributed by atoms with Gasteiger partial charge in [-0.1, -0.05) is 54.1 Å². The molecule has 0 aliphatic rings. The highest BCUT2D eigenvalue weighted by Crippen LogP contribution is 2.23. The molecule has 0 spiro atoms. The number of allylic oxidation sites excluding steroid dienone is 1. The second kappa shape index (κ2) is 5.22. The van der Waals surface area contributed by atoms with E-state index in [0.29, 0.717) is 0 Å². The maximum absolute atomic E-state index is 2.26. The second-order valence-electron chi connectivity index (χ2n) is 4.99. The normalized spacial score (nSPS) is 11.7. The number of benzene rings is 2. The Hall–Kier alpha value is -1.82. The highest BCUT2D eigenvalue weighted by Gasteiger charge is 2.02. The molecule has 2 rings (SSSR count). The molecule has 0 nitrogen and oxygen atoms in total. The first kappa shape index (κ1) is 12.6. The van der Waals surface area contributed by atoms with Crippen LogP contribution in [-0.2, 0) is 0 Å². The number of hydrogen-bond donors (Lipinski definition) is 0. The lowest BCUT2D eigenvalue weighted by Gasteiger charge is -2.09. The monoisotopic (exact) mass is 236 g/mol. The van der Waals surface area contributed by atoms with E-state index >= 15 is 0 Å². The SMILES string of the molecule is C/C(=C\c1cccc(C)c1)c1cccc(C)c1C. The van der Waals surface area contributed by atoms with Crippen molar-refractivity contribution in [1.82, 2.24) is 0 Å². The van der Waals surface area contributed by atoms with E-state index < -0.39 is 0 Å². The van der Waals surface area contributed by atoms with Crippen LogP contribution in [0.15, 0.2) is 42.5 Å². The van der Waals surface area contributed by atoms with Crippen LogP contribution < -0.4 is 0 Å². The van der Waals surface area contributed by atoms with Gasteiger partial charge in [0.1, 0.15) is 0 Å². The van der Waals surface area contributed by atoms with E-state index in [1.54, 1.807) is 0 Å². The Balaban J connectivity index is 2.42. The molecule has 0 bridgehead atoms. The summed E-state index contributed by atoms with van der Waals surface area (Å²) in [5.74, 6) is 0. The van der Waals surface area contributed by atoms with Gasteiger partial charge in [-0.05, 0) is 55.5 Å². The summed E-state index contributed by atoms with van der Waals surface area (Å²) < 4.78 is 0. The van der Waals surface area contributed by atoms with Gasteiger partial charge in [-0.25, -0.2) is 0 Å². The van der Waals surface area contributed by atoms with Crippen LogP contribution in [0.3, 0.4) is 0 Å². The van der Waals surface area contributed by atoms with E-state index in [4.69, 9.17) is 0 Å². The van der Waals surface area contributed by atoms with Gasteiger partial charge < -0.3 is 0 Å². The minimum absolute atomic E-state index is 1.27. The largest absolute Gasteiger partial charge is 0.0614 e. The fraction of sp³-hybridized carbons (Fsp3) is 0.222. The Bertz CT molecular complexity index is 589. The first-order valence-corrected chi connectivity index (χ1v) is 6.39. The Morgan fingerprint density at radius 1 is 0.944 bits per heavy atom. The van der Waals surface area contributed by atoms with Crippen molar-refractivity contribution in [1.29, 1.82) is 0 Å². The fourth-order valence-electron chi connectivity index (χ4n) is 2.27. The number of rotatable bonds is 2. The fourth-order valence-corrected chi connectivity index (χ4v) is 2.27. The molecular weight excluding hydrogens is 216 g/mol. The van der Waals surface area contributed by atoms with Crippen molar-refractivity contribution in [2.24, 2.45) is 0 Å². The summed E-state index contributed by atoms with van der Waals surface area (Å²) in [6.45, 7) is 8.67. The highest BCUT2D eigenvalue weighted by molar-refractivity contribution is 5.81. The van der Waals surface area contributed by atoms with Gasteiger partial charge >= 0.3 is 0 Å². The zero-order chi connectivity index (χ0) is 13.1. The van der Waals surface area contributed by atoms with Crippen LogP contribution in [0.25, 0.3) is 11.6 Å².